The summed E-state index contributed by atoms with van der Waals surface area (Å²) < 4.78 is 237. The van der Waals surface area contributed by atoms with Gasteiger partial charge in [-0.15, -0.1) is 5.10 Å². The summed E-state index contributed by atoms with van der Waals surface area (Å²) in [5.41, 5.74) is 1.95. The van der Waals surface area contributed by atoms with Crippen molar-refractivity contribution < 1.29 is 84.1 Å². The van der Waals surface area contributed by atoms with E-state index in [4.69, 9.17) is 0 Å². The van der Waals surface area contributed by atoms with E-state index in [1.54, 1.807) is 102 Å². The highest BCUT2D eigenvalue weighted by molar-refractivity contribution is 7.98. The molecule has 0 aliphatic heterocycles. The van der Waals surface area contributed by atoms with Crippen molar-refractivity contribution in [2.45, 2.75) is 179 Å². The number of halogens is 13. The molecule has 0 spiro atoms. The summed E-state index contributed by atoms with van der Waals surface area (Å²) in [5.74, 6) is 5.97. The van der Waals surface area contributed by atoms with Crippen LogP contribution in [0.15, 0.2) is 221 Å². The topological polar surface area (TPSA) is 253 Å². The number of nitrogens with zero attached hydrogens (tertiary/aromatic N) is 17. The average Bonchev–Trinajstić information content (AvgIpc) is 1.66. The molecule has 21 rings (SSSR count). The van der Waals surface area contributed by atoms with Crippen LogP contribution in [0.25, 0.3) is 35.3 Å². The number of rotatable bonds is 22. The van der Waals surface area contributed by atoms with Gasteiger partial charge in [0.15, 0.2) is 27.4 Å². The minimum Gasteiger partial charge on any atom is -0.291 e. The fraction of sp³-hybridized carbons (Fsp3) is 0.337. The molecule has 4 aromatic carbocycles. The highest BCUT2D eigenvalue weighted by Gasteiger charge is 2.59. The van der Waals surface area contributed by atoms with Gasteiger partial charge in [-0.1, -0.05) is 21.9 Å². The number of hydrogen-bond donors (Lipinski definition) is 0. The summed E-state index contributed by atoms with van der Waals surface area (Å²) in [5, 5.41) is 26.3. The van der Waals surface area contributed by atoms with Crippen LogP contribution in [0, 0.1) is 51.2 Å². The second kappa shape index (κ2) is 35.2. The molecule has 9 aliphatic rings. The second-order valence-corrected chi connectivity index (χ2v) is 43.3. The largest absolute Gasteiger partial charge is 0.416 e. The first-order chi connectivity index (χ1) is 65.1. The number of aromatic nitrogens is 14. The first-order valence-corrected chi connectivity index (χ1v) is 49.5. The fourth-order valence-electron chi connectivity index (χ4n) is 20.8. The van der Waals surface area contributed by atoms with Gasteiger partial charge in [0, 0.05) is 99.4 Å². The van der Waals surface area contributed by atoms with Gasteiger partial charge in [0.25, 0.3) is 5.92 Å². The normalized spacial score (nSPS) is 23.0. The van der Waals surface area contributed by atoms with Crippen molar-refractivity contribution >= 4 is 82.3 Å². The van der Waals surface area contributed by atoms with E-state index in [1.807, 2.05) is 20.8 Å². The lowest BCUT2D eigenvalue weighted by Gasteiger charge is -2.51. The van der Waals surface area contributed by atoms with Gasteiger partial charge in [-0.2, -0.15) is 46.7 Å². The number of ketones is 3. The number of benzene rings is 4. The molecule has 23 nitrogen and oxygen atoms in total. The maximum absolute atomic E-state index is 14.6. The van der Waals surface area contributed by atoms with Crippen LogP contribution in [0.2, 0.25) is 0 Å². The number of fused-ring (bicyclic) bond motifs is 6. The molecule has 0 saturated heterocycles. The van der Waals surface area contributed by atoms with Gasteiger partial charge >= 0.3 is 12.4 Å². The Morgan fingerprint density at radius 2 is 0.832 bits per heavy atom. The third-order valence-corrected chi connectivity index (χ3v) is 34.3. The molecule has 3 unspecified atom stereocenters. The standard InChI is InChI=1S/C33H30F6N6O2S.C33H29F3N4O2S.C32H31F4N7O2S/c1-43-12-10-29(42-43)48(2,47)45(26-17-32(35,36)18-26)25-6-3-21-14-28-20(19-41-44(28)24-7-4-23(34)5-8-24)15-31(21,16-25)30(46)27-13-22(9-11-40-27)33(37,38)39;1-43(42,29-12-5-24(35)6-13-29)40(27-10-11-27)28-7-2-22-16-31-21(20-38-39(31)26-8-3-23(34)4-9-26)18-33(22,19-28)32(41)30-17-25(36)14-15-37-30;1-41-19-29(39-40-41)46(2,45)42(18-20-3-4-20)26-8-5-22-14-28-21(17-38-43(28)25-9-6-24(33)7-10-25)15-31(22,16-26)30(44)27-13-23(11-12-37-27)32(34,35)36/h4-5,7-14,19,25-26H,2-3,6,15-18H2,1H3;3-6,8-9,12-17,20,27-28H,1-2,7,10-11,18-19H2;6-7,9-14,17,19-20,26H,2-5,8,15-16,18H2,1H3/t25-,31-,48?;28-,33-,43?;26-,31-,46?/m000/s1. The summed E-state index contributed by atoms with van der Waals surface area (Å²) >= 11 is 0. The lowest BCUT2D eigenvalue weighted by atomic mass is 9.60. The number of hydrogen-bond acceptors (Lipinski definition) is 15. The van der Waals surface area contributed by atoms with Crippen LogP contribution < -0.4 is 0 Å². The number of allylic oxidation sites excluding steroid dienone is 3. The molecule has 712 valence electrons. The molecule has 6 saturated carbocycles. The lowest BCUT2D eigenvalue weighted by molar-refractivity contribution is -0.138. The van der Waals surface area contributed by atoms with Crippen molar-refractivity contribution in [1.82, 2.24) is 82.0 Å². The Morgan fingerprint density at radius 1 is 0.438 bits per heavy atom. The average molecular weight is 1950 g/mol. The molecular weight excluding hydrogens is 1850 g/mol. The van der Waals surface area contributed by atoms with Gasteiger partial charge in [-0.05, 0) is 295 Å². The monoisotopic (exact) mass is 1940 g/mol. The highest BCUT2D eigenvalue weighted by atomic mass is 32.2. The molecule has 0 bridgehead atoms. The number of carbonyl (C=O) groups excluding carboxylic acids is 3. The molecule has 9 atom stereocenters. The Labute approximate surface area is 779 Å². The molecule has 0 N–H and O–H groups in total. The first kappa shape index (κ1) is 93.6. The summed E-state index contributed by atoms with van der Waals surface area (Å²) in [7, 11) is -6.25. The van der Waals surface area contributed by atoms with Crippen molar-refractivity contribution in [3.63, 3.8) is 0 Å². The summed E-state index contributed by atoms with van der Waals surface area (Å²) in [6.07, 6.45) is 13.7. The maximum Gasteiger partial charge on any atom is 0.416 e. The SMILES string of the molecule is C=S(=O)(c1ccc(F)cc1)N(C1CC1)[C@H]1CCC2=Cc3c(cnn3-c3ccc(F)cc3)C[C@]2(C(=O)c2cc(F)ccn2)C1.C=S(=O)(c1ccn(C)n1)N(C1CC(F)(F)C1)[C@H]1CCC2=Cc3c(cnn3-c3ccc(F)cc3)C[C@]2(C(=O)c2cc(C(F)(F)F)ccn2)C1.C=S(=O)(c1cn(C)nn1)N(CC1CC1)[C@H]1CCC2=Cc3c(cnn3-c3ccc(F)cc3)C[C@]2(C(=O)c2cc(C(F)(F)F)ccn2)C1. The minimum absolute atomic E-state index is 0.0131. The van der Waals surface area contributed by atoms with E-state index in [-0.39, 0.29) is 83.0 Å². The number of pyridine rings is 3. The van der Waals surface area contributed by atoms with Crippen molar-refractivity contribution in [3.8, 4) is 17.1 Å². The van der Waals surface area contributed by atoms with Gasteiger partial charge < -0.3 is 0 Å². The van der Waals surface area contributed by atoms with Gasteiger partial charge in [0.2, 0.25) is 0 Å². The predicted molar refractivity (Wildman–Crippen MR) is 487 cm³/mol. The van der Waals surface area contributed by atoms with Crippen LogP contribution in [0.4, 0.5) is 57.1 Å². The molecule has 0 amide bonds. The van der Waals surface area contributed by atoms with Crippen molar-refractivity contribution in [2.24, 2.45) is 36.3 Å². The Morgan fingerprint density at radius 3 is 1.20 bits per heavy atom. The van der Waals surface area contributed by atoms with E-state index >= 15 is 0 Å². The third-order valence-electron chi connectivity index (χ3n) is 27.8. The molecular formula is C98H90F13N17O6S3. The fourth-order valence-corrected chi connectivity index (χ4v) is 26.8. The molecule has 9 aliphatic carbocycles. The molecule has 8 aromatic heterocycles. The van der Waals surface area contributed by atoms with Crippen LogP contribution >= 0.6 is 0 Å². The molecule has 137 heavy (non-hydrogen) atoms. The van der Waals surface area contributed by atoms with Gasteiger partial charge in [-0.25, -0.2) is 70.3 Å². The second-order valence-electron chi connectivity index (χ2n) is 36.9. The molecule has 6 fully saturated rings. The molecule has 39 heteroatoms. The Balaban J connectivity index is 0.000000132. The van der Waals surface area contributed by atoms with E-state index in [0.717, 1.165) is 96.5 Å². The predicted octanol–water partition coefficient (Wildman–Crippen LogP) is 17.8. The van der Waals surface area contributed by atoms with Crippen molar-refractivity contribution in [1.29, 1.82) is 0 Å². The molecule has 0 radical (unpaired) electrons. The number of alkyl halides is 8. The summed E-state index contributed by atoms with van der Waals surface area (Å²) in [6.45, 7) is 0.489. The van der Waals surface area contributed by atoms with Crippen LogP contribution in [0.5, 0.6) is 0 Å². The third kappa shape index (κ3) is 17.9. The Bertz CT molecular complexity index is 7220. The maximum atomic E-state index is 14.6. The van der Waals surface area contributed by atoms with Crippen LogP contribution in [0.1, 0.15) is 173 Å². The van der Waals surface area contributed by atoms with E-state index < -0.39 is 140 Å². The Hall–Kier alpha value is -12.4. The van der Waals surface area contributed by atoms with E-state index in [0.29, 0.717) is 102 Å². The first-order valence-electron chi connectivity index (χ1n) is 44.5. The van der Waals surface area contributed by atoms with Crippen LogP contribution in [-0.2, 0) is 74.8 Å². The minimum atomic E-state index is -4.73. The number of aryl methyl sites for hydroxylation is 2. The number of carbonyl (C=O) groups is 3. The van der Waals surface area contributed by atoms with Gasteiger partial charge in [-0.3, -0.25) is 38.7 Å². The van der Waals surface area contributed by atoms with Crippen molar-refractivity contribution in [3.05, 3.63) is 297 Å². The zero-order valence-corrected chi connectivity index (χ0v) is 76.3. The van der Waals surface area contributed by atoms with E-state index in [1.165, 1.54) is 92.7 Å². The zero-order valence-electron chi connectivity index (χ0n) is 73.8. The van der Waals surface area contributed by atoms with E-state index in [2.05, 4.69) is 63.3 Å². The number of Topliss-reactive ketones (excluding diaryl/α,β-unsaturated/α-hetero) is 3. The summed E-state index contributed by atoms with van der Waals surface area (Å²) in [6, 6.07) is 28.0. The van der Waals surface area contributed by atoms with Crippen LogP contribution in [-0.4, -0.2) is 172 Å². The van der Waals surface area contributed by atoms with Crippen molar-refractivity contribution in [2.75, 3.05) is 6.54 Å². The quantitative estimate of drug-likeness (QED) is 0.0347. The highest BCUT2D eigenvalue weighted by Crippen LogP contribution is 2.58. The Kier molecular flexibility index (Phi) is 24.1. The smallest absolute Gasteiger partial charge is 0.291 e. The van der Waals surface area contributed by atoms with E-state index in [9.17, 15) is 84.1 Å². The molecule has 12 aromatic rings. The van der Waals surface area contributed by atoms with Gasteiger partial charge in [0.1, 0.15) is 46.2 Å². The zero-order chi connectivity index (χ0) is 96.6. The molecule has 8 heterocycles. The lowest BCUT2D eigenvalue weighted by Crippen LogP contribution is -2.59. The van der Waals surface area contributed by atoms with Crippen LogP contribution in [0.3, 0.4) is 0 Å². The van der Waals surface area contributed by atoms with Gasteiger partial charge in [0.05, 0.1) is 115 Å². The summed E-state index contributed by atoms with van der Waals surface area (Å²) in [4.78, 5) is 56.6.